The van der Waals surface area contributed by atoms with E-state index in [-0.39, 0.29) is 0 Å². The molecule has 2 aromatic heterocycles. The molecule has 0 aliphatic carbocycles. The lowest BCUT2D eigenvalue weighted by molar-refractivity contribution is 1.14. The van der Waals surface area contributed by atoms with E-state index >= 15 is 0 Å². The Morgan fingerprint density at radius 2 is 2.33 bits per heavy atom. The van der Waals surface area contributed by atoms with E-state index in [1.165, 1.54) is 0 Å². The highest BCUT2D eigenvalue weighted by Gasteiger charge is 1.99. The van der Waals surface area contributed by atoms with Gasteiger partial charge in [-0.3, -0.25) is 4.40 Å². The van der Waals surface area contributed by atoms with Gasteiger partial charge >= 0.3 is 0 Å². The molecule has 0 bridgehead atoms. The molecule has 0 unspecified atom stereocenters. The minimum Gasteiger partial charge on any atom is -0.293 e. The molecule has 0 spiro atoms. The molecule has 0 saturated carbocycles. The van der Waals surface area contributed by atoms with E-state index in [2.05, 4.69) is 26.8 Å². The van der Waals surface area contributed by atoms with Gasteiger partial charge in [-0.05, 0) is 34.0 Å². The molecule has 2 rings (SSSR count). The van der Waals surface area contributed by atoms with Crippen LogP contribution >= 0.6 is 15.9 Å². The van der Waals surface area contributed by atoms with Gasteiger partial charge in [-0.15, -0.1) is 6.42 Å². The molecule has 0 amide bonds. The number of fused-ring (bicyclic) bond motifs is 1. The van der Waals surface area contributed by atoms with Crippen LogP contribution in [0, 0.1) is 12.3 Å². The Morgan fingerprint density at radius 1 is 1.50 bits per heavy atom. The zero-order valence-electron chi connectivity index (χ0n) is 6.16. The summed E-state index contributed by atoms with van der Waals surface area (Å²) in [5.74, 6) is 2.49. The first kappa shape index (κ1) is 7.38. The monoisotopic (exact) mass is 220 g/mol. The van der Waals surface area contributed by atoms with Crippen LogP contribution in [-0.2, 0) is 0 Å². The fraction of sp³-hybridized carbons (Fsp3) is 0. The van der Waals surface area contributed by atoms with Crippen molar-refractivity contribution in [1.29, 1.82) is 0 Å². The fourth-order valence-corrected chi connectivity index (χ4v) is 1.48. The minimum absolute atomic E-state index is 0.655. The summed E-state index contributed by atoms with van der Waals surface area (Å²) >= 11 is 3.39. The maximum atomic E-state index is 5.22. The highest BCUT2D eigenvalue weighted by Crippen LogP contribution is 2.13. The summed E-state index contributed by atoms with van der Waals surface area (Å²) in [7, 11) is 0. The number of nitrogens with zero attached hydrogens (tertiary/aromatic N) is 2. The SMILES string of the molecule is C#Cc1cn2c(Br)cccc2n1. The van der Waals surface area contributed by atoms with Gasteiger partial charge in [0.1, 0.15) is 11.3 Å². The van der Waals surface area contributed by atoms with Crippen molar-refractivity contribution >= 4 is 21.6 Å². The lowest BCUT2D eigenvalue weighted by Gasteiger charge is -1.93. The van der Waals surface area contributed by atoms with Crippen molar-refractivity contribution in [3.63, 3.8) is 0 Å². The number of halogens is 1. The molecule has 0 aromatic carbocycles. The maximum absolute atomic E-state index is 5.22. The average Bonchev–Trinajstić information content (AvgIpc) is 2.49. The summed E-state index contributed by atoms with van der Waals surface area (Å²) in [5.41, 5.74) is 1.51. The van der Waals surface area contributed by atoms with E-state index in [0.717, 1.165) is 10.3 Å². The number of pyridine rings is 1. The van der Waals surface area contributed by atoms with Crippen LogP contribution in [0.1, 0.15) is 5.69 Å². The van der Waals surface area contributed by atoms with E-state index in [0.29, 0.717) is 5.69 Å². The van der Waals surface area contributed by atoms with Gasteiger partial charge in [0, 0.05) is 6.20 Å². The lowest BCUT2D eigenvalue weighted by atomic mass is 10.5. The molecule has 2 heterocycles. The summed E-state index contributed by atoms with van der Waals surface area (Å²) < 4.78 is 2.85. The first-order valence-corrected chi connectivity index (χ1v) is 4.21. The number of rotatable bonds is 0. The Balaban J connectivity index is 2.85. The number of hydrogen-bond donors (Lipinski definition) is 0. The average molecular weight is 221 g/mol. The largest absolute Gasteiger partial charge is 0.293 e. The van der Waals surface area contributed by atoms with E-state index in [1.54, 1.807) is 0 Å². The second kappa shape index (κ2) is 2.65. The molecule has 2 nitrogen and oxygen atoms in total. The molecule has 0 aliphatic rings. The zero-order chi connectivity index (χ0) is 8.55. The number of hydrogen-bond acceptors (Lipinski definition) is 1. The van der Waals surface area contributed by atoms with Crippen LogP contribution in [0.15, 0.2) is 29.0 Å². The quantitative estimate of drug-likeness (QED) is 0.491. The van der Waals surface area contributed by atoms with Crippen LogP contribution < -0.4 is 0 Å². The third-order valence-corrected chi connectivity index (χ3v) is 2.24. The van der Waals surface area contributed by atoms with Crippen LogP contribution in [0.3, 0.4) is 0 Å². The molecule has 58 valence electrons. The molecule has 0 aliphatic heterocycles. The summed E-state index contributed by atoms with van der Waals surface area (Å²) in [6, 6.07) is 5.77. The predicted octanol–water partition coefficient (Wildman–Crippen LogP) is 2.08. The zero-order valence-corrected chi connectivity index (χ0v) is 7.75. The summed E-state index contributed by atoms with van der Waals surface area (Å²) in [6.07, 6.45) is 7.04. The van der Waals surface area contributed by atoms with Gasteiger partial charge in [-0.2, -0.15) is 0 Å². The Labute approximate surface area is 78.4 Å². The normalized spacial score (nSPS) is 10.0. The highest BCUT2D eigenvalue weighted by atomic mass is 79.9. The Kier molecular flexibility index (Phi) is 1.63. The summed E-state index contributed by atoms with van der Waals surface area (Å²) in [5, 5.41) is 0. The second-order valence-electron chi connectivity index (χ2n) is 2.35. The van der Waals surface area contributed by atoms with Crippen molar-refractivity contribution < 1.29 is 0 Å². The van der Waals surface area contributed by atoms with Crippen LogP contribution in [0.4, 0.5) is 0 Å². The van der Waals surface area contributed by atoms with Crippen molar-refractivity contribution in [3.8, 4) is 12.3 Å². The molecular formula is C9H5BrN2. The Hall–Kier alpha value is -1.27. The van der Waals surface area contributed by atoms with Crippen LogP contribution in [0.2, 0.25) is 0 Å². The second-order valence-corrected chi connectivity index (χ2v) is 3.16. The molecule has 0 radical (unpaired) electrons. The number of imidazole rings is 1. The molecule has 0 fully saturated rings. The smallest absolute Gasteiger partial charge is 0.139 e. The van der Waals surface area contributed by atoms with Crippen molar-refractivity contribution in [3.05, 3.63) is 34.7 Å². The van der Waals surface area contributed by atoms with E-state index in [1.807, 2.05) is 28.8 Å². The van der Waals surface area contributed by atoms with Crippen molar-refractivity contribution in [2.45, 2.75) is 0 Å². The van der Waals surface area contributed by atoms with Gasteiger partial charge in [0.05, 0.1) is 4.60 Å². The van der Waals surface area contributed by atoms with Crippen LogP contribution in [0.25, 0.3) is 5.65 Å². The predicted molar refractivity (Wildman–Crippen MR) is 50.8 cm³/mol. The summed E-state index contributed by atoms with van der Waals surface area (Å²) in [6.45, 7) is 0. The van der Waals surface area contributed by atoms with Crippen molar-refractivity contribution in [2.75, 3.05) is 0 Å². The molecule has 2 aromatic rings. The van der Waals surface area contributed by atoms with Gasteiger partial charge in [0.15, 0.2) is 0 Å². The number of aromatic nitrogens is 2. The van der Waals surface area contributed by atoms with Gasteiger partial charge in [-0.1, -0.05) is 6.07 Å². The molecular weight excluding hydrogens is 216 g/mol. The molecule has 0 atom stereocenters. The van der Waals surface area contributed by atoms with E-state index in [4.69, 9.17) is 6.42 Å². The first-order valence-electron chi connectivity index (χ1n) is 3.41. The highest BCUT2D eigenvalue weighted by molar-refractivity contribution is 9.10. The van der Waals surface area contributed by atoms with Gasteiger partial charge in [-0.25, -0.2) is 4.98 Å². The maximum Gasteiger partial charge on any atom is 0.139 e. The standard InChI is InChI=1S/C9H5BrN2/c1-2-7-6-12-8(10)4-3-5-9(12)11-7/h1,3-6H. The van der Waals surface area contributed by atoms with Crippen LogP contribution in [-0.4, -0.2) is 9.38 Å². The molecule has 3 heteroatoms. The number of terminal acetylenes is 1. The summed E-state index contributed by atoms with van der Waals surface area (Å²) in [4.78, 5) is 4.19. The van der Waals surface area contributed by atoms with Crippen LogP contribution in [0.5, 0.6) is 0 Å². The fourth-order valence-electron chi connectivity index (χ4n) is 1.05. The minimum atomic E-state index is 0.655. The Morgan fingerprint density at radius 3 is 3.00 bits per heavy atom. The van der Waals surface area contributed by atoms with Gasteiger partial charge in [0.2, 0.25) is 0 Å². The molecule has 0 N–H and O–H groups in total. The molecule has 0 saturated heterocycles. The topological polar surface area (TPSA) is 17.3 Å². The Bertz CT molecular complexity index is 465. The van der Waals surface area contributed by atoms with E-state index < -0.39 is 0 Å². The molecule has 12 heavy (non-hydrogen) atoms. The van der Waals surface area contributed by atoms with E-state index in [9.17, 15) is 0 Å². The lowest BCUT2D eigenvalue weighted by Crippen LogP contribution is -1.82. The van der Waals surface area contributed by atoms with Crippen molar-refractivity contribution in [1.82, 2.24) is 9.38 Å². The third-order valence-electron chi connectivity index (χ3n) is 1.59. The third kappa shape index (κ3) is 1.01. The van der Waals surface area contributed by atoms with Gasteiger partial charge < -0.3 is 0 Å². The van der Waals surface area contributed by atoms with Gasteiger partial charge in [0.25, 0.3) is 0 Å². The first-order chi connectivity index (χ1) is 5.81. The van der Waals surface area contributed by atoms with Crippen molar-refractivity contribution in [2.24, 2.45) is 0 Å².